The SMILES string of the molecule is CC(O)C(I)C(=O)O. The number of carboxylic acids is 1. The monoisotopic (exact) mass is 230 g/mol. The molecule has 0 aliphatic rings. The van der Waals surface area contributed by atoms with Crippen LogP contribution in [0.1, 0.15) is 6.92 Å². The average Bonchev–Trinajstić information content (AvgIpc) is 1.64. The molecule has 2 N–H and O–H groups in total. The molecule has 0 aliphatic heterocycles. The minimum absolute atomic E-state index is 0.687. The number of hydrogen-bond acceptors (Lipinski definition) is 2. The molecule has 0 aliphatic carbocycles. The third kappa shape index (κ3) is 2.46. The van der Waals surface area contributed by atoms with Crippen LogP contribution in [0.4, 0.5) is 0 Å². The molecular formula is C4H7IO3. The first-order valence-corrected chi connectivity index (χ1v) is 3.35. The maximum absolute atomic E-state index is 9.97. The Labute approximate surface area is 60.8 Å². The minimum Gasteiger partial charge on any atom is -0.480 e. The Hall–Kier alpha value is 0.160. The van der Waals surface area contributed by atoms with Crippen molar-refractivity contribution in [2.24, 2.45) is 0 Å². The minimum atomic E-state index is -0.972. The van der Waals surface area contributed by atoms with Crippen molar-refractivity contribution in [1.82, 2.24) is 0 Å². The fraction of sp³-hybridized carbons (Fsp3) is 0.750. The van der Waals surface area contributed by atoms with Crippen molar-refractivity contribution >= 4 is 28.6 Å². The summed E-state index contributed by atoms with van der Waals surface area (Å²) in [4.78, 5) is 9.97. The topological polar surface area (TPSA) is 57.5 Å². The van der Waals surface area contributed by atoms with Crippen LogP contribution in [0.3, 0.4) is 0 Å². The average molecular weight is 230 g/mol. The van der Waals surface area contributed by atoms with Gasteiger partial charge in [-0.25, -0.2) is 0 Å². The summed E-state index contributed by atoms with van der Waals surface area (Å²) >= 11 is 1.67. The second-order valence-electron chi connectivity index (χ2n) is 1.48. The zero-order chi connectivity index (χ0) is 6.73. The maximum Gasteiger partial charge on any atom is 0.319 e. The first kappa shape index (κ1) is 8.16. The number of rotatable bonds is 2. The third-order valence-electron chi connectivity index (χ3n) is 0.659. The molecule has 2 atom stereocenters. The molecule has 0 saturated heterocycles. The lowest BCUT2D eigenvalue weighted by atomic mass is 10.3. The number of aliphatic hydroxyl groups is 1. The van der Waals surface area contributed by atoms with Crippen LogP contribution in [0.5, 0.6) is 0 Å². The largest absolute Gasteiger partial charge is 0.480 e. The zero-order valence-corrected chi connectivity index (χ0v) is 6.49. The van der Waals surface area contributed by atoms with E-state index >= 15 is 0 Å². The molecule has 0 aromatic carbocycles. The lowest BCUT2D eigenvalue weighted by Crippen LogP contribution is -2.24. The van der Waals surface area contributed by atoms with Crippen molar-refractivity contribution in [2.75, 3.05) is 0 Å². The van der Waals surface area contributed by atoms with E-state index in [0.717, 1.165) is 0 Å². The van der Waals surface area contributed by atoms with E-state index in [2.05, 4.69) is 0 Å². The van der Waals surface area contributed by atoms with Crippen molar-refractivity contribution in [2.45, 2.75) is 17.0 Å². The Morgan fingerprint density at radius 1 is 1.75 bits per heavy atom. The number of aliphatic carboxylic acids is 1. The van der Waals surface area contributed by atoms with E-state index in [1.54, 1.807) is 22.6 Å². The number of carbonyl (C=O) groups is 1. The van der Waals surface area contributed by atoms with Crippen LogP contribution in [0.25, 0.3) is 0 Å². The van der Waals surface area contributed by atoms with Gasteiger partial charge >= 0.3 is 5.97 Å². The summed E-state index contributed by atoms with van der Waals surface area (Å²) in [6.45, 7) is 1.45. The van der Waals surface area contributed by atoms with Gasteiger partial charge in [-0.1, -0.05) is 22.6 Å². The first-order chi connectivity index (χ1) is 3.55. The van der Waals surface area contributed by atoms with Crippen LogP contribution in [-0.4, -0.2) is 26.2 Å². The van der Waals surface area contributed by atoms with Gasteiger partial charge in [0.05, 0.1) is 6.10 Å². The molecule has 0 saturated carbocycles. The highest BCUT2D eigenvalue weighted by molar-refractivity contribution is 14.1. The van der Waals surface area contributed by atoms with Crippen LogP contribution >= 0.6 is 22.6 Å². The van der Waals surface area contributed by atoms with Crippen molar-refractivity contribution in [1.29, 1.82) is 0 Å². The second kappa shape index (κ2) is 3.24. The number of alkyl halides is 1. The van der Waals surface area contributed by atoms with Crippen molar-refractivity contribution in [3.63, 3.8) is 0 Å². The quantitative estimate of drug-likeness (QED) is 0.528. The highest BCUT2D eigenvalue weighted by Crippen LogP contribution is 2.04. The Bertz CT molecular complexity index is 91.3. The number of halogens is 1. The van der Waals surface area contributed by atoms with E-state index in [1.807, 2.05) is 0 Å². The van der Waals surface area contributed by atoms with Gasteiger partial charge in [0.1, 0.15) is 3.92 Å². The molecule has 48 valence electrons. The van der Waals surface area contributed by atoms with Gasteiger partial charge in [0.15, 0.2) is 0 Å². The number of aliphatic hydroxyl groups excluding tert-OH is 1. The normalized spacial score (nSPS) is 17.4. The Kier molecular flexibility index (Phi) is 3.30. The predicted octanol–water partition coefficient (Wildman–Crippen LogP) is 0.255. The van der Waals surface area contributed by atoms with Gasteiger partial charge in [-0.05, 0) is 6.92 Å². The smallest absolute Gasteiger partial charge is 0.319 e. The van der Waals surface area contributed by atoms with Gasteiger partial charge in [-0.15, -0.1) is 0 Å². The molecule has 0 aromatic rings. The standard InChI is InChI=1S/C4H7IO3/c1-2(6)3(5)4(7)8/h2-3,6H,1H3,(H,7,8). The summed E-state index contributed by atoms with van der Waals surface area (Å²) in [5.41, 5.74) is 0. The summed E-state index contributed by atoms with van der Waals surface area (Å²) in [6.07, 6.45) is -0.770. The molecule has 2 unspecified atom stereocenters. The molecule has 0 fully saturated rings. The molecule has 0 radical (unpaired) electrons. The van der Waals surface area contributed by atoms with Gasteiger partial charge in [-0.2, -0.15) is 0 Å². The molecule has 0 heterocycles. The van der Waals surface area contributed by atoms with Gasteiger partial charge < -0.3 is 10.2 Å². The fourth-order valence-corrected chi connectivity index (χ4v) is 0.206. The lowest BCUT2D eigenvalue weighted by Gasteiger charge is -2.04. The van der Waals surface area contributed by atoms with Crippen LogP contribution in [0.2, 0.25) is 0 Å². The summed E-state index contributed by atoms with van der Waals surface area (Å²) < 4.78 is -0.687. The van der Waals surface area contributed by atoms with Gasteiger partial charge in [0.2, 0.25) is 0 Å². The van der Waals surface area contributed by atoms with Gasteiger partial charge in [-0.3, -0.25) is 4.79 Å². The molecule has 0 aromatic heterocycles. The highest BCUT2D eigenvalue weighted by atomic mass is 127. The summed E-state index contributed by atoms with van der Waals surface area (Å²) in [7, 11) is 0. The molecule has 0 bridgehead atoms. The van der Waals surface area contributed by atoms with E-state index in [4.69, 9.17) is 10.2 Å². The molecule has 0 spiro atoms. The van der Waals surface area contributed by atoms with Crippen molar-refractivity contribution < 1.29 is 15.0 Å². The molecule has 0 rings (SSSR count). The molecule has 0 amide bonds. The number of carboxylic acid groups (broad SMARTS) is 1. The van der Waals surface area contributed by atoms with E-state index in [-0.39, 0.29) is 0 Å². The zero-order valence-electron chi connectivity index (χ0n) is 4.34. The van der Waals surface area contributed by atoms with Crippen LogP contribution in [0, 0.1) is 0 Å². The van der Waals surface area contributed by atoms with Crippen LogP contribution in [-0.2, 0) is 4.79 Å². The summed E-state index contributed by atoms with van der Waals surface area (Å²) in [5, 5.41) is 16.8. The van der Waals surface area contributed by atoms with Crippen molar-refractivity contribution in [3.8, 4) is 0 Å². The fourth-order valence-electron chi connectivity index (χ4n) is 0.206. The maximum atomic E-state index is 9.97. The van der Waals surface area contributed by atoms with E-state index < -0.39 is 16.0 Å². The van der Waals surface area contributed by atoms with Crippen LogP contribution in [0.15, 0.2) is 0 Å². The molecule has 3 nitrogen and oxygen atoms in total. The lowest BCUT2D eigenvalue weighted by molar-refractivity contribution is -0.137. The highest BCUT2D eigenvalue weighted by Gasteiger charge is 2.17. The van der Waals surface area contributed by atoms with Crippen molar-refractivity contribution in [3.05, 3.63) is 0 Å². The van der Waals surface area contributed by atoms with Crippen LogP contribution < -0.4 is 0 Å². The summed E-state index contributed by atoms with van der Waals surface area (Å²) in [6, 6.07) is 0. The van der Waals surface area contributed by atoms with E-state index in [0.29, 0.717) is 0 Å². The van der Waals surface area contributed by atoms with Gasteiger partial charge in [0, 0.05) is 0 Å². The van der Waals surface area contributed by atoms with E-state index in [9.17, 15) is 4.79 Å². The number of hydrogen-bond donors (Lipinski definition) is 2. The van der Waals surface area contributed by atoms with E-state index in [1.165, 1.54) is 6.92 Å². The Morgan fingerprint density at radius 3 is 2.12 bits per heavy atom. The Balaban J connectivity index is 3.64. The first-order valence-electron chi connectivity index (χ1n) is 2.10. The molecule has 4 heteroatoms. The van der Waals surface area contributed by atoms with Gasteiger partial charge in [0.25, 0.3) is 0 Å². The summed E-state index contributed by atoms with van der Waals surface area (Å²) in [5.74, 6) is -0.972. The molecular weight excluding hydrogens is 223 g/mol. The predicted molar refractivity (Wildman–Crippen MR) is 37.1 cm³/mol. The second-order valence-corrected chi connectivity index (χ2v) is 2.82. The Morgan fingerprint density at radius 2 is 2.12 bits per heavy atom. The third-order valence-corrected chi connectivity index (χ3v) is 2.23. The molecule has 8 heavy (non-hydrogen) atoms.